The molecule has 1 saturated heterocycles. The van der Waals surface area contributed by atoms with E-state index in [0.29, 0.717) is 12.6 Å². The van der Waals surface area contributed by atoms with Crippen LogP contribution in [-0.2, 0) is 6.54 Å². The number of nitrogens with one attached hydrogen (secondary N) is 2. The first-order chi connectivity index (χ1) is 14.8. The minimum absolute atomic E-state index is 0.400. The first-order valence-electron chi connectivity index (χ1n) is 10.7. The summed E-state index contributed by atoms with van der Waals surface area (Å²) in [6.07, 6.45) is 6.52. The summed E-state index contributed by atoms with van der Waals surface area (Å²) in [4.78, 5) is 8.81. The molecule has 158 valence electrons. The van der Waals surface area contributed by atoms with Crippen molar-refractivity contribution in [2.75, 3.05) is 26.2 Å². The Hall–Kier alpha value is -2.64. The fourth-order valence-corrected chi connectivity index (χ4v) is 4.67. The van der Waals surface area contributed by atoms with Crippen LogP contribution < -0.4 is 10.6 Å². The van der Waals surface area contributed by atoms with Gasteiger partial charge in [0.15, 0.2) is 5.96 Å². The number of aromatic nitrogens is 2. The van der Waals surface area contributed by atoms with Gasteiger partial charge in [0, 0.05) is 29.7 Å². The molecule has 0 bridgehead atoms. The number of hydrogen-bond donors (Lipinski definition) is 2. The zero-order valence-electron chi connectivity index (χ0n) is 17.5. The van der Waals surface area contributed by atoms with E-state index in [4.69, 9.17) is 4.99 Å². The van der Waals surface area contributed by atoms with Gasteiger partial charge < -0.3 is 10.6 Å². The van der Waals surface area contributed by atoms with Gasteiger partial charge in [-0.15, -0.1) is 11.3 Å². The van der Waals surface area contributed by atoms with E-state index in [0.717, 1.165) is 30.3 Å². The van der Waals surface area contributed by atoms with Crippen molar-refractivity contribution in [1.29, 1.82) is 0 Å². The number of benzene rings is 1. The molecule has 1 fully saturated rings. The van der Waals surface area contributed by atoms with Crippen molar-refractivity contribution in [2.24, 2.45) is 4.99 Å². The third-order valence-corrected chi connectivity index (χ3v) is 6.31. The Balaban J connectivity index is 1.40. The average molecular weight is 423 g/mol. The molecule has 0 radical (unpaired) electrons. The molecule has 1 aromatic carbocycles. The molecule has 1 aliphatic rings. The van der Waals surface area contributed by atoms with Crippen molar-refractivity contribution in [3.05, 3.63) is 70.7 Å². The van der Waals surface area contributed by atoms with Gasteiger partial charge in [0.2, 0.25) is 0 Å². The summed E-state index contributed by atoms with van der Waals surface area (Å²) < 4.78 is 1.89. The molecule has 1 atom stereocenters. The van der Waals surface area contributed by atoms with E-state index in [-0.39, 0.29) is 0 Å². The van der Waals surface area contributed by atoms with Crippen LogP contribution in [0.1, 0.15) is 36.2 Å². The Morgan fingerprint density at radius 3 is 2.70 bits per heavy atom. The predicted octanol–water partition coefficient (Wildman–Crippen LogP) is 3.83. The van der Waals surface area contributed by atoms with Crippen molar-refractivity contribution in [2.45, 2.75) is 32.4 Å². The van der Waals surface area contributed by atoms with Crippen molar-refractivity contribution in [3.63, 3.8) is 0 Å². The first-order valence-corrected chi connectivity index (χ1v) is 11.6. The van der Waals surface area contributed by atoms with Crippen molar-refractivity contribution in [3.8, 4) is 5.69 Å². The maximum Gasteiger partial charge on any atom is 0.191 e. The van der Waals surface area contributed by atoms with Gasteiger partial charge in [-0.25, -0.2) is 9.67 Å². The highest BCUT2D eigenvalue weighted by Crippen LogP contribution is 2.27. The Labute approximate surface area is 182 Å². The van der Waals surface area contributed by atoms with Crippen LogP contribution in [0.15, 0.2) is 65.2 Å². The second-order valence-electron chi connectivity index (χ2n) is 7.48. The lowest BCUT2D eigenvalue weighted by Gasteiger charge is -2.27. The summed E-state index contributed by atoms with van der Waals surface area (Å²) in [5.41, 5.74) is 2.15. The van der Waals surface area contributed by atoms with Crippen molar-refractivity contribution >= 4 is 17.3 Å². The molecular formula is C23H30N6S. The second kappa shape index (κ2) is 10.4. The molecule has 3 aromatic rings. The molecule has 0 spiro atoms. The SMILES string of the molecule is CCNC(=NCc1cnn(-c2ccccc2)c1)NCC(c1cccs1)N1CCCC1. The largest absolute Gasteiger partial charge is 0.357 e. The molecule has 4 rings (SSSR count). The number of guanidine groups is 1. The van der Waals surface area contributed by atoms with E-state index in [1.54, 1.807) is 0 Å². The maximum absolute atomic E-state index is 4.80. The predicted molar refractivity (Wildman–Crippen MR) is 124 cm³/mol. The van der Waals surface area contributed by atoms with Crippen LogP contribution in [0.4, 0.5) is 0 Å². The van der Waals surface area contributed by atoms with Gasteiger partial charge in [0.25, 0.3) is 0 Å². The number of rotatable bonds is 8. The lowest BCUT2D eigenvalue weighted by atomic mass is 10.2. The van der Waals surface area contributed by atoms with Gasteiger partial charge in [-0.2, -0.15) is 5.10 Å². The second-order valence-corrected chi connectivity index (χ2v) is 8.46. The average Bonchev–Trinajstić information content (AvgIpc) is 3.56. The number of likely N-dealkylation sites (tertiary alicyclic amines) is 1. The summed E-state index contributed by atoms with van der Waals surface area (Å²) in [7, 11) is 0. The quantitative estimate of drug-likeness (QED) is 0.428. The molecule has 0 aliphatic carbocycles. The zero-order valence-corrected chi connectivity index (χ0v) is 18.3. The van der Waals surface area contributed by atoms with E-state index in [2.05, 4.69) is 57.2 Å². The Bertz CT molecular complexity index is 912. The Kier molecular flexibility index (Phi) is 7.16. The highest BCUT2D eigenvalue weighted by atomic mass is 32.1. The standard InChI is InChI=1S/C23H30N6S/c1-2-24-23(25-15-19-16-27-29(18-19)20-9-4-3-5-10-20)26-17-21(22-11-8-14-30-22)28-12-6-7-13-28/h3-5,8-11,14,16,18,21H,2,6-7,12-13,15,17H2,1H3,(H2,24,25,26). The molecule has 7 heteroatoms. The monoisotopic (exact) mass is 422 g/mol. The molecule has 30 heavy (non-hydrogen) atoms. The van der Waals surface area contributed by atoms with Crippen LogP contribution in [-0.4, -0.2) is 46.8 Å². The summed E-state index contributed by atoms with van der Waals surface area (Å²) in [5, 5.41) is 13.6. The summed E-state index contributed by atoms with van der Waals surface area (Å²) >= 11 is 1.84. The molecule has 0 saturated carbocycles. The van der Waals surface area contributed by atoms with Gasteiger partial charge in [-0.05, 0) is 56.4 Å². The van der Waals surface area contributed by atoms with Crippen molar-refractivity contribution in [1.82, 2.24) is 25.3 Å². The summed E-state index contributed by atoms with van der Waals surface area (Å²) in [6, 6.07) is 14.9. The van der Waals surface area contributed by atoms with Crippen molar-refractivity contribution < 1.29 is 0 Å². The van der Waals surface area contributed by atoms with E-state index in [1.807, 2.05) is 46.6 Å². The molecule has 1 aliphatic heterocycles. The highest BCUT2D eigenvalue weighted by Gasteiger charge is 2.24. The molecule has 2 N–H and O–H groups in total. The first kappa shape index (κ1) is 20.6. The lowest BCUT2D eigenvalue weighted by molar-refractivity contribution is 0.249. The third kappa shape index (κ3) is 5.29. The number of para-hydroxylation sites is 1. The zero-order chi connectivity index (χ0) is 20.6. The van der Waals surface area contributed by atoms with Gasteiger partial charge in [-0.1, -0.05) is 24.3 Å². The minimum Gasteiger partial charge on any atom is -0.357 e. The number of thiophene rings is 1. The maximum atomic E-state index is 4.80. The van der Waals surface area contributed by atoms with Gasteiger partial charge >= 0.3 is 0 Å². The third-order valence-electron chi connectivity index (χ3n) is 5.34. The van der Waals surface area contributed by atoms with E-state index in [9.17, 15) is 0 Å². The molecule has 0 amide bonds. The van der Waals surface area contributed by atoms with Gasteiger partial charge in [0.1, 0.15) is 0 Å². The van der Waals surface area contributed by atoms with Gasteiger partial charge in [0.05, 0.1) is 24.5 Å². The van der Waals surface area contributed by atoms with Gasteiger partial charge in [-0.3, -0.25) is 4.90 Å². The normalized spacial score (nSPS) is 16.0. The fourth-order valence-electron chi connectivity index (χ4n) is 3.81. The van der Waals surface area contributed by atoms with Crippen LogP contribution >= 0.6 is 11.3 Å². The van der Waals surface area contributed by atoms with Crippen LogP contribution in [0.3, 0.4) is 0 Å². The van der Waals surface area contributed by atoms with Crippen LogP contribution in [0.5, 0.6) is 0 Å². The minimum atomic E-state index is 0.400. The number of hydrogen-bond acceptors (Lipinski definition) is 4. The molecule has 1 unspecified atom stereocenters. The van der Waals surface area contributed by atoms with E-state index >= 15 is 0 Å². The smallest absolute Gasteiger partial charge is 0.191 e. The highest BCUT2D eigenvalue weighted by molar-refractivity contribution is 7.10. The van der Waals surface area contributed by atoms with E-state index < -0.39 is 0 Å². The lowest BCUT2D eigenvalue weighted by Crippen LogP contribution is -2.42. The molecule has 3 heterocycles. The molecule has 2 aromatic heterocycles. The number of nitrogens with zero attached hydrogens (tertiary/aromatic N) is 4. The number of aliphatic imine (C=N–C) groups is 1. The Morgan fingerprint density at radius 2 is 1.97 bits per heavy atom. The fraction of sp³-hybridized carbons (Fsp3) is 0.391. The molecular weight excluding hydrogens is 392 g/mol. The summed E-state index contributed by atoms with van der Waals surface area (Å²) in [6.45, 7) is 6.74. The van der Waals surface area contributed by atoms with Crippen LogP contribution in [0.25, 0.3) is 5.69 Å². The van der Waals surface area contributed by atoms with Crippen LogP contribution in [0, 0.1) is 0 Å². The summed E-state index contributed by atoms with van der Waals surface area (Å²) in [5.74, 6) is 0.853. The molecule has 6 nitrogen and oxygen atoms in total. The Morgan fingerprint density at radius 1 is 1.13 bits per heavy atom. The van der Waals surface area contributed by atoms with Crippen LogP contribution in [0.2, 0.25) is 0 Å². The van der Waals surface area contributed by atoms with E-state index in [1.165, 1.54) is 30.8 Å². The topological polar surface area (TPSA) is 57.5 Å².